The second kappa shape index (κ2) is 8.10. The molecule has 1 aliphatic heterocycles. The van der Waals surface area contributed by atoms with E-state index in [2.05, 4.69) is 16.0 Å². The number of benzene rings is 2. The van der Waals surface area contributed by atoms with Crippen molar-refractivity contribution in [3.63, 3.8) is 0 Å². The first kappa shape index (κ1) is 18.1. The Labute approximate surface area is 157 Å². The zero-order valence-corrected chi connectivity index (χ0v) is 15.3. The van der Waals surface area contributed by atoms with Crippen LogP contribution < -0.4 is 16.0 Å². The Balaban J connectivity index is 1.61. The van der Waals surface area contributed by atoms with Crippen molar-refractivity contribution in [3.8, 4) is 0 Å². The van der Waals surface area contributed by atoms with E-state index in [4.69, 9.17) is 11.6 Å². The van der Waals surface area contributed by atoms with Crippen LogP contribution in [0.4, 0.5) is 16.2 Å². The maximum Gasteiger partial charge on any atom is 0.317 e. The number of rotatable bonds is 6. The van der Waals surface area contributed by atoms with Crippen LogP contribution in [0, 0.1) is 6.92 Å². The molecule has 1 heterocycles. The lowest BCUT2D eigenvalue weighted by molar-refractivity contribution is -0.114. The summed E-state index contributed by atoms with van der Waals surface area (Å²) in [4.78, 5) is 25.8. The van der Waals surface area contributed by atoms with Crippen LogP contribution in [0.1, 0.15) is 11.1 Å². The maximum atomic E-state index is 12.3. The highest BCUT2D eigenvalue weighted by molar-refractivity contribution is 6.31. The van der Waals surface area contributed by atoms with Gasteiger partial charge in [-0.3, -0.25) is 4.79 Å². The summed E-state index contributed by atoms with van der Waals surface area (Å²) in [6.07, 6.45) is 0. The number of hydrogen-bond donors (Lipinski definition) is 3. The van der Waals surface area contributed by atoms with Gasteiger partial charge in [-0.1, -0.05) is 35.9 Å². The van der Waals surface area contributed by atoms with Crippen molar-refractivity contribution >= 4 is 34.9 Å². The molecular formula is C19H21ClN4O2. The summed E-state index contributed by atoms with van der Waals surface area (Å²) < 4.78 is 0. The summed E-state index contributed by atoms with van der Waals surface area (Å²) in [7, 11) is 0. The van der Waals surface area contributed by atoms with Gasteiger partial charge in [-0.25, -0.2) is 4.79 Å². The van der Waals surface area contributed by atoms with Gasteiger partial charge >= 0.3 is 6.03 Å². The minimum Gasteiger partial charge on any atom is -0.376 e. The fourth-order valence-electron chi connectivity index (χ4n) is 2.80. The molecule has 0 unspecified atom stereocenters. The average Bonchev–Trinajstić information content (AvgIpc) is 3.02. The van der Waals surface area contributed by atoms with E-state index >= 15 is 0 Å². The van der Waals surface area contributed by atoms with Crippen LogP contribution in [0.15, 0.2) is 42.5 Å². The average molecular weight is 373 g/mol. The molecule has 0 radical (unpaired) electrons. The molecule has 0 aromatic heterocycles. The van der Waals surface area contributed by atoms with E-state index in [0.29, 0.717) is 30.3 Å². The Morgan fingerprint density at radius 3 is 2.81 bits per heavy atom. The number of aryl methyl sites for hydroxylation is 1. The van der Waals surface area contributed by atoms with E-state index in [1.807, 2.05) is 37.3 Å². The smallest absolute Gasteiger partial charge is 0.317 e. The topological polar surface area (TPSA) is 73.5 Å². The number of nitrogens with zero attached hydrogens (tertiary/aromatic N) is 1. The van der Waals surface area contributed by atoms with E-state index in [1.54, 1.807) is 17.0 Å². The Bertz CT molecular complexity index is 825. The molecule has 0 atom stereocenters. The summed E-state index contributed by atoms with van der Waals surface area (Å²) in [5.41, 5.74) is 3.45. The molecular weight excluding hydrogens is 352 g/mol. The molecule has 0 bridgehead atoms. The third-order valence-electron chi connectivity index (χ3n) is 4.24. The molecule has 2 aromatic rings. The van der Waals surface area contributed by atoms with Crippen molar-refractivity contribution in [2.45, 2.75) is 13.5 Å². The van der Waals surface area contributed by atoms with Gasteiger partial charge in [0.05, 0.1) is 6.54 Å². The predicted octanol–water partition coefficient (Wildman–Crippen LogP) is 3.22. The molecule has 2 aromatic carbocycles. The fourth-order valence-corrected chi connectivity index (χ4v) is 2.97. The second-order valence-electron chi connectivity index (χ2n) is 6.17. The van der Waals surface area contributed by atoms with Gasteiger partial charge in [0.2, 0.25) is 5.91 Å². The Morgan fingerprint density at radius 1 is 1.23 bits per heavy atom. The second-order valence-corrected chi connectivity index (χ2v) is 6.61. The molecule has 7 heteroatoms. The first-order valence-corrected chi connectivity index (χ1v) is 8.81. The summed E-state index contributed by atoms with van der Waals surface area (Å²) in [6, 6.07) is 13.0. The number of anilines is 2. The highest BCUT2D eigenvalue weighted by atomic mass is 35.5. The van der Waals surface area contributed by atoms with Gasteiger partial charge in [0, 0.05) is 36.0 Å². The molecule has 0 saturated carbocycles. The van der Waals surface area contributed by atoms with Gasteiger partial charge in [0.15, 0.2) is 0 Å². The SMILES string of the molecule is Cc1ccc(Cl)cc1NC(=O)CNc1ccccc1CN1CCNC1=O. The van der Waals surface area contributed by atoms with Gasteiger partial charge in [-0.05, 0) is 36.2 Å². The number of amides is 3. The van der Waals surface area contributed by atoms with Crippen LogP contribution in [-0.4, -0.2) is 36.5 Å². The van der Waals surface area contributed by atoms with Crippen LogP contribution in [0.3, 0.4) is 0 Å². The van der Waals surface area contributed by atoms with Gasteiger partial charge in [-0.2, -0.15) is 0 Å². The lowest BCUT2D eigenvalue weighted by atomic mass is 10.1. The maximum absolute atomic E-state index is 12.3. The van der Waals surface area contributed by atoms with Crippen LogP contribution in [0.5, 0.6) is 0 Å². The normalized spacial score (nSPS) is 13.5. The number of nitrogens with one attached hydrogen (secondary N) is 3. The molecule has 3 N–H and O–H groups in total. The number of para-hydroxylation sites is 1. The predicted molar refractivity (Wildman–Crippen MR) is 104 cm³/mol. The molecule has 6 nitrogen and oxygen atoms in total. The molecule has 1 aliphatic rings. The molecule has 3 amide bonds. The highest BCUT2D eigenvalue weighted by Gasteiger charge is 2.20. The zero-order valence-electron chi connectivity index (χ0n) is 14.5. The number of carbonyl (C=O) groups excluding carboxylic acids is 2. The summed E-state index contributed by atoms with van der Waals surface area (Å²) in [5.74, 6) is -0.163. The van der Waals surface area contributed by atoms with Crippen molar-refractivity contribution in [2.24, 2.45) is 0 Å². The minimum atomic E-state index is -0.163. The molecule has 0 spiro atoms. The standard InChI is InChI=1S/C19H21ClN4O2/c1-13-6-7-15(20)10-17(13)23-18(25)11-22-16-5-3-2-4-14(16)12-24-9-8-21-19(24)26/h2-7,10,22H,8-9,11-12H2,1H3,(H,21,26)(H,23,25). The van der Waals surface area contributed by atoms with E-state index in [-0.39, 0.29) is 18.5 Å². The fraction of sp³-hybridized carbons (Fsp3) is 0.263. The Hall–Kier alpha value is -2.73. The molecule has 26 heavy (non-hydrogen) atoms. The van der Waals surface area contributed by atoms with Crippen molar-refractivity contribution < 1.29 is 9.59 Å². The van der Waals surface area contributed by atoms with Crippen LogP contribution in [0.2, 0.25) is 5.02 Å². The minimum absolute atomic E-state index is 0.0611. The van der Waals surface area contributed by atoms with Crippen LogP contribution >= 0.6 is 11.6 Å². The molecule has 1 saturated heterocycles. The Kier molecular flexibility index (Phi) is 5.63. The quantitative estimate of drug-likeness (QED) is 0.728. The third kappa shape index (κ3) is 4.46. The molecule has 1 fully saturated rings. The van der Waals surface area contributed by atoms with Crippen LogP contribution in [-0.2, 0) is 11.3 Å². The lowest BCUT2D eigenvalue weighted by Gasteiger charge is -2.18. The van der Waals surface area contributed by atoms with E-state index in [1.165, 1.54) is 0 Å². The van der Waals surface area contributed by atoms with Crippen molar-refractivity contribution in [3.05, 3.63) is 58.6 Å². The van der Waals surface area contributed by atoms with Crippen molar-refractivity contribution in [1.29, 1.82) is 0 Å². The number of carbonyl (C=O) groups is 2. The van der Waals surface area contributed by atoms with Gasteiger partial charge in [0.1, 0.15) is 0 Å². The first-order valence-electron chi connectivity index (χ1n) is 8.43. The number of urea groups is 1. The van der Waals surface area contributed by atoms with Gasteiger partial charge < -0.3 is 20.9 Å². The van der Waals surface area contributed by atoms with Gasteiger partial charge in [-0.15, -0.1) is 0 Å². The first-order chi connectivity index (χ1) is 12.5. The van der Waals surface area contributed by atoms with Crippen molar-refractivity contribution in [2.75, 3.05) is 30.3 Å². The number of hydrogen-bond acceptors (Lipinski definition) is 3. The van der Waals surface area contributed by atoms with Gasteiger partial charge in [0.25, 0.3) is 0 Å². The zero-order chi connectivity index (χ0) is 18.5. The highest BCUT2D eigenvalue weighted by Crippen LogP contribution is 2.21. The number of halogens is 1. The lowest BCUT2D eigenvalue weighted by Crippen LogP contribution is -2.28. The molecule has 136 valence electrons. The van der Waals surface area contributed by atoms with Crippen molar-refractivity contribution in [1.82, 2.24) is 10.2 Å². The Morgan fingerprint density at radius 2 is 2.04 bits per heavy atom. The summed E-state index contributed by atoms with van der Waals surface area (Å²) in [6.45, 7) is 3.88. The molecule has 0 aliphatic carbocycles. The van der Waals surface area contributed by atoms with E-state index < -0.39 is 0 Å². The summed E-state index contributed by atoms with van der Waals surface area (Å²) in [5, 5.41) is 9.38. The monoisotopic (exact) mass is 372 g/mol. The van der Waals surface area contributed by atoms with Crippen LogP contribution in [0.25, 0.3) is 0 Å². The summed E-state index contributed by atoms with van der Waals surface area (Å²) >= 11 is 5.98. The van der Waals surface area contributed by atoms with E-state index in [9.17, 15) is 9.59 Å². The molecule has 3 rings (SSSR count). The largest absolute Gasteiger partial charge is 0.376 e. The third-order valence-corrected chi connectivity index (χ3v) is 4.47. The van der Waals surface area contributed by atoms with E-state index in [0.717, 1.165) is 16.8 Å².